The normalized spacial score (nSPS) is 10.3. The average Bonchev–Trinajstić information content (AvgIpc) is 3.16. The number of nitrogens with zero attached hydrogens (tertiary/aromatic N) is 1. The molecule has 0 bridgehead atoms. The van der Waals surface area contributed by atoms with Crippen molar-refractivity contribution >= 4 is 28.3 Å². The van der Waals surface area contributed by atoms with Gasteiger partial charge in [-0.25, -0.2) is 4.98 Å². The van der Waals surface area contributed by atoms with Crippen LogP contribution in [0.25, 0.3) is 11.3 Å². The highest BCUT2D eigenvalue weighted by Crippen LogP contribution is 2.26. The van der Waals surface area contributed by atoms with Gasteiger partial charge < -0.3 is 14.6 Å². The van der Waals surface area contributed by atoms with E-state index >= 15 is 0 Å². The zero-order valence-corrected chi connectivity index (χ0v) is 15.9. The number of methoxy groups -OCH3 is 1. The van der Waals surface area contributed by atoms with Gasteiger partial charge in [-0.1, -0.05) is 12.1 Å². The number of carbonyl (C=O) groups excluding carboxylic acids is 2. The molecule has 7 nitrogen and oxygen atoms in total. The molecule has 0 saturated heterocycles. The molecule has 0 aliphatic rings. The number of aromatic hydroxyl groups is 1. The molecule has 0 atom stereocenters. The predicted molar refractivity (Wildman–Crippen MR) is 106 cm³/mol. The van der Waals surface area contributed by atoms with E-state index in [1.54, 1.807) is 19.2 Å². The first-order valence-corrected chi connectivity index (χ1v) is 9.25. The van der Waals surface area contributed by atoms with Crippen LogP contribution in [0.4, 0.5) is 5.13 Å². The highest BCUT2D eigenvalue weighted by atomic mass is 32.1. The Kier molecular flexibility index (Phi) is 6.23. The van der Waals surface area contributed by atoms with Gasteiger partial charge in [-0.3, -0.25) is 14.9 Å². The molecule has 1 heterocycles. The Morgan fingerprint density at radius 3 is 2.50 bits per heavy atom. The summed E-state index contributed by atoms with van der Waals surface area (Å²) in [5, 5.41) is 14.1. The van der Waals surface area contributed by atoms with Gasteiger partial charge in [0.05, 0.1) is 19.2 Å². The number of phenols is 1. The van der Waals surface area contributed by atoms with Crippen LogP contribution in [0.15, 0.2) is 53.9 Å². The minimum Gasteiger partial charge on any atom is -0.508 e. The zero-order valence-electron chi connectivity index (χ0n) is 15.0. The lowest BCUT2D eigenvalue weighted by Gasteiger charge is -2.05. The Bertz CT molecular complexity index is 951. The number of aromatic nitrogens is 1. The first-order valence-electron chi connectivity index (χ1n) is 8.37. The van der Waals surface area contributed by atoms with Gasteiger partial charge in [0.1, 0.15) is 11.5 Å². The third-order valence-electron chi connectivity index (χ3n) is 3.79. The lowest BCUT2D eigenvalue weighted by atomic mass is 10.1. The van der Waals surface area contributed by atoms with Crippen LogP contribution in [-0.2, 0) is 20.7 Å². The van der Waals surface area contributed by atoms with Gasteiger partial charge in [-0.2, -0.15) is 0 Å². The summed E-state index contributed by atoms with van der Waals surface area (Å²) in [6.45, 7) is -0.394. The number of amides is 1. The van der Waals surface area contributed by atoms with E-state index in [2.05, 4.69) is 10.3 Å². The summed E-state index contributed by atoms with van der Waals surface area (Å²) < 4.78 is 10.1. The lowest BCUT2D eigenvalue weighted by molar-refractivity contribution is -0.146. The van der Waals surface area contributed by atoms with Crippen molar-refractivity contribution < 1.29 is 24.2 Å². The third-order valence-corrected chi connectivity index (χ3v) is 4.54. The third kappa shape index (κ3) is 5.31. The van der Waals surface area contributed by atoms with Gasteiger partial charge in [0, 0.05) is 10.9 Å². The molecule has 28 heavy (non-hydrogen) atoms. The van der Waals surface area contributed by atoms with Crippen LogP contribution < -0.4 is 10.1 Å². The number of anilines is 1. The van der Waals surface area contributed by atoms with Crippen LogP contribution in [0.2, 0.25) is 0 Å². The SMILES string of the molecule is COc1ccc(-c2csc(NC(=O)COC(=O)Cc3ccc(O)cc3)n2)cc1. The average molecular weight is 398 g/mol. The number of esters is 1. The first kappa shape index (κ1) is 19.4. The molecule has 2 N–H and O–H groups in total. The highest BCUT2D eigenvalue weighted by Gasteiger charge is 2.11. The molecule has 0 aliphatic heterocycles. The summed E-state index contributed by atoms with van der Waals surface area (Å²) in [6.07, 6.45) is 0.0203. The summed E-state index contributed by atoms with van der Waals surface area (Å²) >= 11 is 1.28. The van der Waals surface area contributed by atoms with Crippen molar-refractivity contribution in [2.45, 2.75) is 6.42 Å². The molecule has 0 unspecified atom stereocenters. The summed E-state index contributed by atoms with van der Waals surface area (Å²) in [7, 11) is 1.60. The van der Waals surface area contributed by atoms with Gasteiger partial charge in [-0.05, 0) is 42.0 Å². The van der Waals surface area contributed by atoms with Crippen LogP contribution >= 0.6 is 11.3 Å². The van der Waals surface area contributed by atoms with Crippen LogP contribution in [-0.4, -0.2) is 35.7 Å². The van der Waals surface area contributed by atoms with Crippen LogP contribution in [0, 0.1) is 0 Å². The van der Waals surface area contributed by atoms with Crippen LogP contribution in [0.5, 0.6) is 11.5 Å². The van der Waals surface area contributed by atoms with E-state index in [0.29, 0.717) is 10.7 Å². The Hall–Kier alpha value is -3.39. The Balaban J connectivity index is 1.48. The number of benzene rings is 2. The fourth-order valence-corrected chi connectivity index (χ4v) is 3.09. The second-order valence-electron chi connectivity index (χ2n) is 5.82. The maximum atomic E-state index is 12.0. The molecule has 0 saturated carbocycles. The number of hydrogen-bond donors (Lipinski definition) is 2. The molecule has 3 rings (SSSR count). The van der Waals surface area contributed by atoms with Crippen molar-refractivity contribution in [2.24, 2.45) is 0 Å². The maximum absolute atomic E-state index is 12.0. The Morgan fingerprint density at radius 2 is 1.82 bits per heavy atom. The summed E-state index contributed by atoms with van der Waals surface area (Å²) in [6, 6.07) is 13.6. The molecule has 0 radical (unpaired) electrons. The molecule has 0 aliphatic carbocycles. The van der Waals surface area contributed by atoms with E-state index in [9.17, 15) is 14.7 Å². The first-order chi connectivity index (χ1) is 13.5. The monoisotopic (exact) mass is 398 g/mol. The largest absolute Gasteiger partial charge is 0.508 e. The molecular weight excluding hydrogens is 380 g/mol. The summed E-state index contributed by atoms with van der Waals surface area (Å²) in [5.74, 6) is -0.121. The predicted octanol–water partition coefficient (Wildman–Crippen LogP) is 3.25. The molecule has 1 amide bonds. The molecule has 0 spiro atoms. The van der Waals surface area contributed by atoms with Crippen molar-refractivity contribution in [3.05, 3.63) is 59.5 Å². The standard InChI is InChI=1S/C20H18N2O5S/c1-26-16-8-4-14(5-9-16)17-12-28-20(21-17)22-18(24)11-27-19(25)10-13-2-6-15(23)7-3-13/h2-9,12,23H,10-11H2,1H3,(H,21,22,24). The van der Waals surface area contributed by atoms with E-state index < -0.39 is 18.5 Å². The van der Waals surface area contributed by atoms with Crippen molar-refractivity contribution in [1.29, 1.82) is 0 Å². The Labute approximate surface area is 165 Å². The number of ether oxygens (including phenoxy) is 2. The van der Waals surface area contributed by atoms with E-state index in [4.69, 9.17) is 9.47 Å². The molecule has 8 heteroatoms. The molecule has 144 valence electrons. The van der Waals surface area contributed by atoms with Gasteiger partial charge in [0.15, 0.2) is 11.7 Å². The number of rotatable bonds is 7. The lowest BCUT2D eigenvalue weighted by Crippen LogP contribution is -2.21. The summed E-state index contributed by atoms with van der Waals surface area (Å²) in [5.41, 5.74) is 2.32. The van der Waals surface area contributed by atoms with Crippen molar-refractivity contribution in [3.8, 4) is 22.8 Å². The van der Waals surface area contributed by atoms with E-state index in [-0.39, 0.29) is 12.2 Å². The minimum atomic E-state index is -0.529. The smallest absolute Gasteiger partial charge is 0.310 e. The van der Waals surface area contributed by atoms with Gasteiger partial charge in [0.2, 0.25) is 0 Å². The van der Waals surface area contributed by atoms with Gasteiger partial charge in [-0.15, -0.1) is 11.3 Å². The second kappa shape index (κ2) is 9.01. The van der Waals surface area contributed by atoms with Crippen LogP contribution in [0.3, 0.4) is 0 Å². The van der Waals surface area contributed by atoms with E-state index in [0.717, 1.165) is 17.0 Å². The maximum Gasteiger partial charge on any atom is 0.310 e. The molecule has 3 aromatic rings. The highest BCUT2D eigenvalue weighted by molar-refractivity contribution is 7.14. The van der Waals surface area contributed by atoms with E-state index in [1.807, 2.05) is 29.6 Å². The molecular formula is C20H18N2O5S. The number of carbonyl (C=O) groups is 2. The second-order valence-corrected chi connectivity index (χ2v) is 6.68. The van der Waals surface area contributed by atoms with Crippen LogP contribution in [0.1, 0.15) is 5.56 Å². The number of nitrogens with one attached hydrogen (secondary N) is 1. The summed E-state index contributed by atoms with van der Waals surface area (Å²) in [4.78, 5) is 28.1. The van der Waals surface area contributed by atoms with Crippen molar-refractivity contribution in [1.82, 2.24) is 4.98 Å². The molecule has 2 aromatic carbocycles. The number of thiazole rings is 1. The topological polar surface area (TPSA) is 97.8 Å². The zero-order chi connectivity index (χ0) is 19.9. The quantitative estimate of drug-likeness (QED) is 0.593. The van der Waals surface area contributed by atoms with Gasteiger partial charge >= 0.3 is 5.97 Å². The minimum absolute atomic E-state index is 0.0203. The number of hydrogen-bond acceptors (Lipinski definition) is 7. The fourth-order valence-electron chi connectivity index (χ4n) is 2.36. The molecule has 1 aromatic heterocycles. The Morgan fingerprint density at radius 1 is 1.11 bits per heavy atom. The molecule has 0 fully saturated rings. The number of phenolic OH excluding ortho intramolecular Hbond substituents is 1. The fraction of sp³-hybridized carbons (Fsp3) is 0.150. The van der Waals surface area contributed by atoms with Gasteiger partial charge in [0.25, 0.3) is 5.91 Å². The van der Waals surface area contributed by atoms with Crippen molar-refractivity contribution in [3.63, 3.8) is 0 Å². The van der Waals surface area contributed by atoms with Crippen molar-refractivity contribution in [2.75, 3.05) is 19.0 Å². The van der Waals surface area contributed by atoms with E-state index in [1.165, 1.54) is 23.5 Å².